The van der Waals surface area contributed by atoms with E-state index in [4.69, 9.17) is 9.47 Å². The van der Waals surface area contributed by atoms with Crippen molar-refractivity contribution in [2.24, 2.45) is 0 Å². The number of hydrogen-bond acceptors (Lipinski definition) is 7. The highest BCUT2D eigenvalue weighted by molar-refractivity contribution is 5.59. The summed E-state index contributed by atoms with van der Waals surface area (Å²) in [5, 5.41) is 14.7. The summed E-state index contributed by atoms with van der Waals surface area (Å²) in [6.45, 7) is 5.02. The number of aromatic nitrogens is 3. The zero-order valence-corrected chi connectivity index (χ0v) is 17.3. The number of ether oxygens (including phenoxy) is 2. The first-order valence-electron chi connectivity index (χ1n) is 9.61. The van der Waals surface area contributed by atoms with E-state index < -0.39 is 0 Å². The highest BCUT2D eigenvalue weighted by Gasteiger charge is 2.08. The van der Waals surface area contributed by atoms with E-state index in [0.717, 1.165) is 29.2 Å². The lowest BCUT2D eigenvalue weighted by Crippen LogP contribution is -2.09. The topological polar surface area (TPSA) is 81.2 Å². The molecule has 7 heteroatoms. The first-order chi connectivity index (χ1) is 14.1. The van der Waals surface area contributed by atoms with Gasteiger partial charge in [0.05, 0.1) is 20.4 Å². The average molecular weight is 393 g/mol. The van der Waals surface area contributed by atoms with E-state index in [9.17, 15) is 0 Å². The third-order valence-corrected chi connectivity index (χ3v) is 4.56. The van der Waals surface area contributed by atoms with E-state index in [-0.39, 0.29) is 0 Å². The van der Waals surface area contributed by atoms with E-state index in [1.807, 2.05) is 36.4 Å². The number of anilines is 3. The molecule has 0 saturated heterocycles. The van der Waals surface area contributed by atoms with Crippen LogP contribution in [0.4, 0.5) is 17.5 Å². The number of hydrogen-bond donors (Lipinski definition) is 2. The summed E-state index contributed by atoms with van der Waals surface area (Å²) in [7, 11) is 3.27. The molecule has 0 spiro atoms. The summed E-state index contributed by atoms with van der Waals surface area (Å²) >= 11 is 0. The van der Waals surface area contributed by atoms with Crippen molar-refractivity contribution in [3.8, 4) is 11.5 Å². The minimum absolute atomic E-state index is 0.398. The molecule has 152 valence electrons. The van der Waals surface area contributed by atoms with Crippen LogP contribution in [-0.2, 0) is 6.42 Å². The Morgan fingerprint density at radius 1 is 1.00 bits per heavy atom. The van der Waals surface area contributed by atoms with Crippen LogP contribution in [0.5, 0.6) is 11.5 Å². The summed E-state index contributed by atoms with van der Waals surface area (Å²) < 4.78 is 10.6. The maximum atomic E-state index is 5.36. The van der Waals surface area contributed by atoms with Crippen molar-refractivity contribution in [1.82, 2.24) is 15.2 Å². The second-order valence-corrected chi connectivity index (χ2v) is 6.90. The molecular weight excluding hydrogens is 366 g/mol. The number of nitrogens with one attached hydrogen (secondary N) is 2. The van der Waals surface area contributed by atoms with Crippen LogP contribution in [-0.4, -0.2) is 35.9 Å². The van der Waals surface area contributed by atoms with Gasteiger partial charge in [-0.25, -0.2) is 0 Å². The van der Waals surface area contributed by atoms with Gasteiger partial charge in [-0.3, -0.25) is 0 Å². The number of para-hydroxylation sites is 1. The van der Waals surface area contributed by atoms with Crippen LogP contribution in [0.15, 0.2) is 48.7 Å². The van der Waals surface area contributed by atoms with Crippen molar-refractivity contribution in [3.05, 3.63) is 59.8 Å². The Kier molecular flexibility index (Phi) is 6.84. The highest BCUT2D eigenvalue weighted by Crippen LogP contribution is 2.28. The zero-order valence-electron chi connectivity index (χ0n) is 17.3. The van der Waals surface area contributed by atoms with Crippen LogP contribution in [0.3, 0.4) is 0 Å². The summed E-state index contributed by atoms with van der Waals surface area (Å²) in [5.74, 6) is 2.99. The molecule has 0 aliphatic carbocycles. The van der Waals surface area contributed by atoms with Gasteiger partial charge in [0.15, 0.2) is 17.3 Å². The average Bonchev–Trinajstić information content (AvgIpc) is 2.74. The van der Waals surface area contributed by atoms with Gasteiger partial charge < -0.3 is 20.1 Å². The third kappa shape index (κ3) is 5.34. The van der Waals surface area contributed by atoms with Crippen LogP contribution in [0.25, 0.3) is 0 Å². The van der Waals surface area contributed by atoms with Crippen LogP contribution >= 0.6 is 0 Å². The fraction of sp³-hybridized carbons (Fsp3) is 0.318. The van der Waals surface area contributed by atoms with Gasteiger partial charge in [0.1, 0.15) is 0 Å². The minimum atomic E-state index is 0.398. The summed E-state index contributed by atoms with van der Waals surface area (Å²) in [4.78, 5) is 4.52. The van der Waals surface area contributed by atoms with Crippen molar-refractivity contribution in [1.29, 1.82) is 0 Å². The maximum Gasteiger partial charge on any atom is 0.249 e. The molecule has 29 heavy (non-hydrogen) atoms. The summed E-state index contributed by atoms with van der Waals surface area (Å²) in [6, 6.07) is 14.1. The standard InChI is InChI=1S/C22H27N5O2/c1-15(2)17-7-5-6-8-18(17)25-22-26-21(14-24-27-22)23-12-11-16-9-10-19(28-3)20(13-16)29-4/h5-10,13-15H,11-12H2,1-4H3,(H2,23,25,26,27). The molecule has 7 nitrogen and oxygen atoms in total. The van der Waals surface area contributed by atoms with Gasteiger partial charge in [0.2, 0.25) is 5.95 Å². The number of rotatable bonds is 9. The molecule has 0 bridgehead atoms. The van der Waals surface area contributed by atoms with Gasteiger partial charge in [-0.15, -0.1) is 5.10 Å². The second-order valence-electron chi connectivity index (χ2n) is 6.90. The molecule has 1 heterocycles. The molecule has 2 N–H and O–H groups in total. The van der Waals surface area contributed by atoms with E-state index in [0.29, 0.717) is 24.2 Å². The molecule has 0 fully saturated rings. The number of benzene rings is 2. The molecule has 0 radical (unpaired) electrons. The fourth-order valence-corrected chi connectivity index (χ4v) is 3.05. The molecule has 3 aromatic rings. The van der Waals surface area contributed by atoms with E-state index in [1.165, 1.54) is 5.56 Å². The van der Waals surface area contributed by atoms with Crippen LogP contribution in [0.2, 0.25) is 0 Å². The molecule has 0 amide bonds. The van der Waals surface area contributed by atoms with Gasteiger partial charge in [-0.1, -0.05) is 38.1 Å². The predicted octanol–water partition coefficient (Wildman–Crippen LogP) is 4.41. The normalized spacial score (nSPS) is 10.7. The van der Waals surface area contributed by atoms with Crippen molar-refractivity contribution in [3.63, 3.8) is 0 Å². The Morgan fingerprint density at radius 2 is 1.79 bits per heavy atom. The molecule has 2 aromatic carbocycles. The van der Waals surface area contributed by atoms with Crippen LogP contribution in [0.1, 0.15) is 30.9 Å². The van der Waals surface area contributed by atoms with Crippen molar-refractivity contribution in [2.45, 2.75) is 26.2 Å². The lowest BCUT2D eigenvalue weighted by atomic mass is 10.0. The molecule has 0 atom stereocenters. The highest BCUT2D eigenvalue weighted by atomic mass is 16.5. The third-order valence-electron chi connectivity index (χ3n) is 4.56. The Balaban J connectivity index is 1.62. The molecule has 0 aliphatic rings. The van der Waals surface area contributed by atoms with Crippen LogP contribution < -0.4 is 20.1 Å². The van der Waals surface area contributed by atoms with E-state index >= 15 is 0 Å². The molecular formula is C22H27N5O2. The van der Waals surface area contributed by atoms with Gasteiger partial charge in [-0.05, 0) is 41.7 Å². The number of nitrogens with zero attached hydrogens (tertiary/aromatic N) is 3. The van der Waals surface area contributed by atoms with Gasteiger partial charge >= 0.3 is 0 Å². The fourth-order valence-electron chi connectivity index (χ4n) is 3.05. The second kappa shape index (κ2) is 9.73. The lowest BCUT2D eigenvalue weighted by Gasteiger charge is -2.13. The van der Waals surface area contributed by atoms with Crippen molar-refractivity contribution in [2.75, 3.05) is 31.4 Å². The molecule has 3 rings (SSSR count). The van der Waals surface area contributed by atoms with Gasteiger partial charge in [0.25, 0.3) is 0 Å². The van der Waals surface area contributed by atoms with Crippen LogP contribution in [0, 0.1) is 0 Å². The van der Waals surface area contributed by atoms with E-state index in [2.05, 4.69) is 45.7 Å². The Morgan fingerprint density at radius 3 is 2.55 bits per heavy atom. The smallest absolute Gasteiger partial charge is 0.249 e. The monoisotopic (exact) mass is 393 g/mol. The summed E-state index contributed by atoms with van der Waals surface area (Å²) in [5.41, 5.74) is 3.34. The lowest BCUT2D eigenvalue weighted by molar-refractivity contribution is 0.354. The van der Waals surface area contributed by atoms with Crippen molar-refractivity contribution >= 4 is 17.5 Å². The first-order valence-corrected chi connectivity index (χ1v) is 9.61. The molecule has 0 saturated carbocycles. The Hall–Kier alpha value is -3.35. The molecule has 1 aromatic heterocycles. The SMILES string of the molecule is COc1ccc(CCNc2cnnc(Nc3ccccc3C(C)C)n2)cc1OC. The Labute approximate surface area is 171 Å². The predicted molar refractivity (Wildman–Crippen MR) is 115 cm³/mol. The minimum Gasteiger partial charge on any atom is -0.493 e. The summed E-state index contributed by atoms with van der Waals surface area (Å²) in [6.07, 6.45) is 2.43. The van der Waals surface area contributed by atoms with E-state index in [1.54, 1.807) is 20.4 Å². The van der Waals surface area contributed by atoms with Crippen molar-refractivity contribution < 1.29 is 9.47 Å². The van der Waals surface area contributed by atoms with Gasteiger partial charge in [-0.2, -0.15) is 10.1 Å². The first kappa shape index (κ1) is 20.4. The number of methoxy groups -OCH3 is 2. The molecule has 0 unspecified atom stereocenters. The Bertz CT molecular complexity index is 946. The van der Waals surface area contributed by atoms with Gasteiger partial charge in [0, 0.05) is 12.2 Å². The zero-order chi connectivity index (χ0) is 20.6. The largest absolute Gasteiger partial charge is 0.493 e. The maximum absolute atomic E-state index is 5.36. The quantitative estimate of drug-likeness (QED) is 0.557. The molecule has 0 aliphatic heterocycles.